The third-order valence-corrected chi connectivity index (χ3v) is 2.62. The summed E-state index contributed by atoms with van der Waals surface area (Å²) >= 11 is 5.93. The van der Waals surface area contributed by atoms with Crippen LogP contribution in [0.2, 0.25) is 5.02 Å². The number of hydrogen-bond acceptors (Lipinski definition) is 1. The van der Waals surface area contributed by atoms with E-state index in [1.54, 1.807) is 0 Å². The molecule has 2 nitrogen and oxygen atoms in total. The van der Waals surface area contributed by atoms with Crippen molar-refractivity contribution in [1.29, 1.82) is 0 Å². The van der Waals surface area contributed by atoms with E-state index >= 15 is 0 Å². The van der Waals surface area contributed by atoms with Crippen LogP contribution in [-0.4, -0.2) is 12.5 Å². The highest BCUT2D eigenvalue weighted by Crippen LogP contribution is 2.24. The lowest BCUT2D eigenvalue weighted by Crippen LogP contribution is -2.35. The first kappa shape index (κ1) is 12.1. The zero-order valence-electron chi connectivity index (χ0n) is 9.30. The van der Waals surface area contributed by atoms with Crippen molar-refractivity contribution in [2.75, 3.05) is 6.54 Å². The van der Waals surface area contributed by atoms with Gasteiger partial charge in [0.1, 0.15) is 0 Å². The Balaban J connectivity index is 2.80. The summed E-state index contributed by atoms with van der Waals surface area (Å²) in [4.78, 5) is 10.9. The summed E-state index contributed by atoms with van der Waals surface area (Å²) in [7, 11) is 0. The summed E-state index contributed by atoms with van der Waals surface area (Å²) in [5.41, 5.74) is 1.03. The van der Waals surface area contributed by atoms with E-state index in [-0.39, 0.29) is 11.3 Å². The van der Waals surface area contributed by atoms with Crippen LogP contribution in [0.5, 0.6) is 0 Å². The van der Waals surface area contributed by atoms with Gasteiger partial charge in [0, 0.05) is 23.9 Å². The molecule has 0 atom stereocenters. The molecule has 1 N–H and O–H groups in total. The number of rotatable bonds is 3. The van der Waals surface area contributed by atoms with E-state index in [0.717, 1.165) is 10.6 Å². The van der Waals surface area contributed by atoms with E-state index in [2.05, 4.69) is 19.2 Å². The van der Waals surface area contributed by atoms with E-state index in [0.29, 0.717) is 6.54 Å². The number of carbonyl (C=O) groups is 1. The molecule has 0 unspecified atom stereocenters. The van der Waals surface area contributed by atoms with Gasteiger partial charge in [0.05, 0.1) is 0 Å². The normalized spacial score (nSPS) is 11.2. The fraction of sp³-hybridized carbons (Fsp3) is 0.417. The minimum atomic E-state index is -0.101. The lowest BCUT2D eigenvalue weighted by Gasteiger charge is -2.25. The van der Waals surface area contributed by atoms with Crippen LogP contribution < -0.4 is 5.32 Å². The highest BCUT2D eigenvalue weighted by Gasteiger charge is 2.20. The highest BCUT2D eigenvalue weighted by molar-refractivity contribution is 6.30. The van der Waals surface area contributed by atoms with Gasteiger partial charge in [0.15, 0.2) is 0 Å². The lowest BCUT2D eigenvalue weighted by atomic mass is 9.84. The van der Waals surface area contributed by atoms with E-state index in [1.807, 2.05) is 24.3 Å². The number of carbonyl (C=O) groups excluding carboxylic acids is 1. The van der Waals surface area contributed by atoms with Gasteiger partial charge >= 0.3 is 0 Å². The Morgan fingerprint density at radius 3 is 2.67 bits per heavy atom. The minimum absolute atomic E-state index is 0.00916. The summed E-state index contributed by atoms with van der Waals surface area (Å²) in [6.45, 7) is 6.29. The Morgan fingerprint density at radius 1 is 1.47 bits per heavy atom. The van der Waals surface area contributed by atoms with Crippen LogP contribution >= 0.6 is 11.6 Å². The van der Waals surface area contributed by atoms with Crippen molar-refractivity contribution in [1.82, 2.24) is 5.32 Å². The third-order valence-electron chi connectivity index (χ3n) is 2.39. The molecule has 0 saturated heterocycles. The maximum Gasteiger partial charge on any atom is 0.216 e. The quantitative estimate of drug-likeness (QED) is 0.842. The molecule has 1 rings (SSSR count). The first-order chi connectivity index (χ1) is 6.92. The van der Waals surface area contributed by atoms with Crippen LogP contribution in [-0.2, 0) is 10.2 Å². The molecule has 0 saturated carbocycles. The topological polar surface area (TPSA) is 29.1 Å². The van der Waals surface area contributed by atoms with Crippen molar-refractivity contribution < 1.29 is 4.79 Å². The second-order valence-corrected chi connectivity index (χ2v) is 4.74. The maximum absolute atomic E-state index is 10.9. The number of hydrogen-bond donors (Lipinski definition) is 1. The second kappa shape index (κ2) is 4.67. The molecule has 82 valence electrons. The van der Waals surface area contributed by atoms with Gasteiger partial charge in [-0.2, -0.15) is 0 Å². The Morgan fingerprint density at radius 2 is 2.13 bits per heavy atom. The monoisotopic (exact) mass is 225 g/mol. The van der Waals surface area contributed by atoms with E-state index in [9.17, 15) is 4.79 Å². The van der Waals surface area contributed by atoms with E-state index in [1.165, 1.54) is 6.92 Å². The number of halogens is 1. The van der Waals surface area contributed by atoms with Gasteiger partial charge in [-0.1, -0.05) is 37.6 Å². The first-order valence-corrected chi connectivity index (χ1v) is 5.30. The average Bonchev–Trinajstić information content (AvgIpc) is 2.15. The molecule has 0 aliphatic rings. The predicted molar refractivity (Wildman–Crippen MR) is 63.2 cm³/mol. The Kier molecular flexibility index (Phi) is 3.75. The van der Waals surface area contributed by atoms with Gasteiger partial charge in [0.2, 0.25) is 5.91 Å². The van der Waals surface area contributed by atoms with Crippen molar-refractivity contribution in [3.05, 3.63) is 34.9 Å². The number of amides is 1. The summed E-state index contributed by atoms with van der Waals surface area (Å²) in [5.74, 6) is -0.00916. The first-order valence-electron chi connectivity index (χ1n) is 4.92. The van der Waals surface area contributed by atoms with Gasteiger partial charge in [-0.15, -0.1) is 0 Å². The zero-order chi connectivity index (χ0) is 11.5. The average molecular weight is 226 g/mol. The van der Waals surface area contributed by atoms with Gasteiger partial charge in [0.25, 0.3) is 0 Å². The molecule has 0 spiro atoms. The van der Waals surface area contributed by atoms with Crippen molar-refractivity contribution >= 4 is 17.5 Å². The minimum Gasteiger partial charge on any atom is -0.355 e. The maximum atomic E-state index is 10.9. The van der Waals surface area contributed by atoms with Crippen LogP contribution in [0.15, 0.2) is 24.3 Å². The van der Waals surface area contributed by atoms with Crippen LogP contribution in [0.3, 0.4) is 0 Å². The Bertz CT molecular complexity index is 360. The van der Waals surface area contributed by atoms with Crippen LogP contribution in [0, 0.1) is 0 Å². The molecule has 0 aromatic heterocycles. The fourth-order valence-corrected chi connectivity index (χ4v) is 1.55. The zero-order valence-corrected chi connectivity index (χ0v) is 10.1. The van der Waals surface area contributed by atoms with Crippen LogP contribution in [0.1, 0.15) is 26.3 Å². The summed E-state index contributed by atoms with van der Waals surface area (Å²) in [6.07, 6.45) is 0. The van der Waals surface area contributed by atoms with Gasteiger partial charge in [-0.3, -0.25) is 4.79 Å². The highest BCUT2D eigenvalue weighted by atomic mass is 35.5. The SMILES string of the molecule is CC(=O)NCC(C)(C)c1cccc(Cl)c1. The molecule has 0 radical (unpaired) electrons. The lowest BCUT2D eigenvalue weighted by molar-refractivity contribution is -0.119. The molecule has 3 heteroatoms. The molecule has 0 aliphatic heterocycles. The molecular weight excluding hydrogens is 210 g/mol. The molecule has 0 heterocycles. The van der Waals surface area contributed by atoms with Gasteiger partial charge in [-0.05, 0) is 17.7 Å². The summed E-state index contributed by atoms with van der Waals surface area (Å²) in [5, 5.41) is 3.55. The smallest absolute Gasteiger partial charge is 0.216 e. The fourth-order valence-electron chi connectivity index (χ4n) is 1.36. The van der Waals surface area contributed by atoms with E-state index < -0.39 is 0 Å². The summed E-state index contributed by atoms with van der Waals surface area (Å²) in [6, 6.07) is 7.73. The van der Waals surface area contributed by atoms with Crippen LogP contribution in [0.4, 0.5) is 0 Å². The summed E-state index contributed by atoms with van der Waals surface area (Å²) < 4.78 is 0. The molecule has 0 bridgehead atoms. The molecule has 0 aliphatic carbocycles. The second-order valence-electron chi connectivity index (χ2n) is 4.30. The Hall–Kier alpha value is -1.02. The predicted octanol–water partition coefficient (Wildman–Crippen LogP) is 2.75. The molecule has 15 heavy (non-hydrogen) atoms. The molecule has 1 aromatic carbocycles. The molecule has 1 aromatic rings. The van der Waals surface area contributed by atoms with Crippen molar-refractivity contribution in [3.63, 3.8) is 0 Å². The largest absolute Gasteiger partial charge is 0.355 e. The van der Waals surface area contributed by atoms with Gasteiger partial charge < -0.3 is 5.32 Å². The molecule has 1 amide bonds. The van der Waals surface area contributed by atoms with Crippen LogP contribution in [0.25, 0.3) is 0 Å². The van der Waals surface area contributed by atoms with Gasteiger partial charge in [-0.25, -0.2) is 0 Å². The number of benzene rings is 1. The van der Waals surface area contributed by atoms with Crippen molar-refractivity contribution in [2.45, 2.75) is 26.2 Å². The number of nitrogens with one attached hydrogen (secondary N) is 1. The van der Waals surface area contributed by atoms with Crippen molar-refractivity contribution in [2.24, 2.45) is 0 Å². The molecule has 0 fully saturated rings. The molecular formula is C12H16ClNO. The Labute approximate surface area is 95.6 Å². The van der Waals surface area contributed by atoms with Crippen molar-refractivity contribution in [3.8, 4) is 0 Å². The standard InChI is InChI=1S/C12H16ClNO/c1-9(15)14-8-12(2,3)10-5-4-6-11(13)7-10/h4-7H,8H2,1-3H3,(H,14,15). The van der Waals surface area contributed by atoms with E-state index in [4.69, 9.17) is 11.6 Å². The third kappa shape index (κ3) is 3.56.